The summed E-state index contributed by atoms with van der Waals surface area (Å²) in [5, 5.41) is 8.97. The SMILES string of the molecule is CCN(CCC(=O)O)C1C2CCC1Cc1ccccc1C2. The molecule has 114 valence electrons. The number of carboxylic acid groups (broad SMARTS) is 1. The number of hydrogen-bond donors (Lipinski definition) is 1. The van der Waals surface area contributed by atoms with Crippen molar-refractivity contribution in [3.8, 4) is 0 Å². The van der Waals surface area contributed by atoms with E-state index in [1.165, 1.54) is 36.8 Å². The maximum Gasteiger partial charge on any atom is 0.304 e. The fourth-order valence-corrected chi connectivity index (χ4v) is 4.47. The normalized spacial score (nSPS) is 27.4. The summed E-state index contributed by atoms with van der Waals surface area (Å²) in [6.45, 7) is 3.82. The van der Waals surface area contributed by atoms with Gasteiger partial charge in [0.1, 0.15) is 0 Å². The van der Waals surface area contributed by atoms with Crippen LogP contribution < -0.4 is 0 Å². The Kier molecular flexibility index (Phi) is 4.29. The monoisotopic (exact) mass is 287 g/mol. The van der Waals surface area contributed by atoms with Gasteiger partial charge in [-0.3, -0.25) is 9.69 Å². The lowest BCUT2D eigenvalue weighted by Crippen LogP contribution is -2.43. The van der Waals surface area contributed by atoms with Gasteiger partial charge in [0.2, 0.25) is 0 Å². The van der Waals surface area contributed by atoms with Gasteiger partial charge in [-0.1, -0.05) is 31.2 Å². The molecule has 2 atom stereocenters. The maximum atomic E-state index is 10.9. The molecule has 2 bridgehead atoms. The quantitative estimate of drug-likeness (QED) is 0.905. The van der Waals surface area contributed by atoms with Gasteiger partial charge in [-0.2, -0.15) is 0 Å². The summed E-state index contributed by atoms with van der Waals surface area (Å²) in [6.07, 6.45) is 5.19. The number of fused-ring (bicyclic) bond motifs is 3. The van der Waals surface area contributed by atoms with Crippen LogP contribution in [0.5, 0.6) is 0 Å². The van der Waals surface area contributed by atoms with E-state index in [0.717, 1.165) is 6.54 Å². The minimum absolute atomic E-state index is 0.261. The highest BCUT2D eigenvalue weighted by atomic mass is 16.4. The minimum atomic E-state index is -0.683. The predicted molar refractivity (Wildman–Crippen MR) is 83.4 cm³/mol. The van der Waals surface area contributed by atoms with Crippen LogP contribution in [-0.4, -0.2) is 35.1 Å². The van der Waals surface area contributed by atoms with Crippen LogP contribution in [0.25, 0.3) is 0 Å². The van der Waals surface area contributed by atoms with E-state index in [1.807, 2.05) is 0 Å². The van der Waals surface area contributed by atoms with E-state index < -0.39 is 5.97 Å². The van der Waals surface area contributed by atoms with Crippen LogP contribution >= 0.6 is 0 Å². The van der Waals surface area contributed by atoms with Gasteiger partial charge in [0.15, 0.2) is 0 Å². The van der Waals surface area contributed by atoms with Crippen LogP contribution in [-0.2, 0) is 17.6 Å². The van der Waals surface area contributed by atoms with Crippen molar-refractivity contribution in [3.63, 3.8) is 0 Å². The van der Waals surface area contributed by atoms with Crippen molar-refractivity contribution in [1.82, 2.24) is 4.90 Å². The summed E-state index contributed by atoms with van der Waals surface area (Å²) in [7, 11) is 0. The maximum absolute atomic E-state index is 10.9. The number of hydrogen-bond acceptors (Lipinski definition) is 2. The average molecular weight is 287 g/mol. The molecule has 0 amide bonds. The van der Waals surface area contributed by atoms with Crippen molar-refractivity contribution >= 4 is 5.97 Å². The van der Waals surface area contributed by atoms with Crippen LogP contribution in [0.4, 0.5) is 0 Å². The number of aliphatic carboxylic acids is 1. The largest absolute Gasteiger partial charge is 0.481 e. The molecule has 21 heavy (non-hydrogen) atoms. The molecule has 2 aliphatic carbocycles. The highest BCUT2D eigenvalue weighted by molar-refractivity contribution is 5.66. The topological polar surface area (TPSA) is 40.5 Å². The third kappa shape index (κ3) is 2.98. The third-order valence-electron chi connectivity index (χ3n) is 5.40. The van der Waals surface area contributed by atoms with E-state index in [4.69, 9.17) is 5.11 Å². The summed E-state index contributed by atoms with van der Waals surface area (Å²) in [6, 6.07) is 9.42. The van der Waals surface area contributed by atoms with E-state index in [2.05, 4.69) is 36.1 Å². The lowest BCUT2D eigenvalue weighted by molar-refractivity contribution is -0.137. The van der Waals surface area contributed by atoms with Crippen molar-refractivity contribution in [1.29, 1.82) is 0 Å². The molecule has 2 aliphatic rings. The lowest BCUT2D eigenvalue weighted by atomic mass is 9.93. The Morgan fingerprint density at radius 1 is 1.19 bits per heavy atom. The lowest BCUT2D eigenvalue weighted by Gasteiger charge is -2.34. The Bertz CT molecular complexity index is 481. The van der Waals surface area contributed by atoms with Crippen molar-refractivity contribution < 1.29 is 9.90 Å². The van der Waals surface area contributed by atoms with Gasteiger partial charge >= 0.3 is 5.97 Å². The molecule has 1 aromatic carbocycles. The zero-order valence-electron chi connectivity index (χ0n) is 12.8. The van der Waals surface area contributed by atoms with Gasteiger partial charge < -0.3 is 5.11 Å². The van der Waals surface area contributed by atoms with E-state index >= 15 is 0 Å². The Balaban J connectivity index is 1.79. The van der Waals surface area contributed by atoms with Gasteiger partial charge in [-0.25, -0.2) is 0 Å². The number of carboxylic acids is 1. The van der Waals surface area contributed by atoms with E-state index in [1.54, 1.807) is 0 Å². The minimum Gasteiger partial charge on any atom is -0.481 e. The predicted octanol–water partition coefficient (Wildman–Crippen LogP) is 2.98. The van der Waals surface area contributed by atoms with Crippen molar-refractivity contribution in [3.05, 3.63) is 35.4 Å². The van der Waals surface area contributed by atoms with Gasteiger partial charge in [-0.15, -0.1) is 0 Å². The molecule has 0 spiro atoms. The fraction of sp³-hybridized carbons (Fsp3) is 0.611. The second kappa shape index (κ2) is 6.18. The number of rotatable bonds is 5. The standard InChI is InChI=1S/C18H25NO2/c1-2-19(10-9-17(20)21)18-15-7-8-16(18)12-14-6-4-3-5-13(14)11-15/h3-6,15-16,18H,2,7-12H2,1H3,(H,20,21). The molecule has 0 saturated heterocycles. The summed E-state index contributed by atoms with van der Waals surface area (Å²) < 4.78 is 0. The summed E-state index contributed by atoms with van der Waals surface area (Å²) in [4.78, 5) is 13.3. The Morgan fingerprint density at radius 2 is 1.76 bits per heavy atom. The number of carbonyl (C=O) groups is 1. The Hall–Kier alpha value is -1.35. The van der Waals surface area contributed by atoms with Gasteiger partial charge in [0.05, 0.1) is 6.42 Å². The number of benzene rings is 1. The molecule has 3 nitrogen and oxygen atoms in total. The molecule has 1 aromatic rings. The Labute approximate surface area is 127 Å². The molecule has 1 fully saturated rings. The zero-order chi connectivity index (χ0) is 14.8. The first kappa shape index (κ1) is 14.6. The summed E-state index contributed by atoms with van der Waals surface area (Å²) >= 11 is 0. The van der Waals surface area contributed by atoms with Gasteiger partial charge in [-0.05, 0) is 55.2 Å². The van der Waals surface area contributed by atoms with Crippen LogP contribution in [0.15, 0.2) is 24.3 Å². The molecular weight excluding hydrogens is 262 g/mol. The van der Waals surface area contributed by atoms with E-state index in [-0.39, 0.29) is 6.42 Å². The molecule has 1 N–H and O–H groups in total. The first-order chi connectivity index (χ1) is 10.2. The Morgan fingerprint density at radius 3 is 2.24 bits per heavy atom. The number of nitrogens with zero attached hydrogens (tertiary/aromatic N) is 1. The van der Waals surface area contributed by atoms with Crippen LogP contribution in [0.2, 0.25) is 0 Å². The van der Waals surface area contributed by atoms with Crippen LogP contribution in [0.1, 0.15) is 37.3 Å². The van der Waals surface area contributed by atoms with Crippen LogP contribution in [0.3, 0.4) is 0 Å². The highest BCUT2D eigenvalue weighted by Crippen LogP contribution is 2.42. The van der Waals surface area contributed by atoms with Crippen molar-refractivity contribution in [2.24, 2.45) is 11.8 Å². The van der Waals surface area contributed by atoms with E-state index in [0.29, 0.717) is 24.4 Å². The molecular formula is C18H25NO2. The van der Waals surface area contributed by atoms with Crippen molar-refractivity contribution in [2.75, 3.05) is 13.1 Å². The smallest absolute Gasteiger partial charge is 0.304 e. The summed E-state index contributed by atoms with van der Waals surface area (Å²) in [5.41, 5.74) is 3.04. The molecule has 0 radical (unpaired) electrons. The average Bonchev–Trinajstić information content (AvgIpc) is 2.75. The molecule has 3 heteroatoms. The molecule has 0 heterocycles. The first-order valence-electron chi connectivity index (χ1n) is 8.21. The molecule has 0 aromatic heterocycles. The summed E-state index contributed by atoms with van der Waals surface area (Å²) in [5.74, 6) is 0.720. The third-order valence-corrected chi connectivity index (χ3v) is 5.40. The fourth-order valence-electron chi connectivity index (χ4n) is 4.47. The second-order valence-corrected chi connectivity index (χ2v) is 6.54. The van der Waals surface area contributed by atoms with Gasteiger partial charge in [0.25, 0.3) is 0 Å². The molecule has 2 unspecified atom stereocenters. The van der Waals surface area contributed by atoms with Gasteiger partial charge in [0, 0.05) is 12.6 Å². The highest BCUT2D eigenvalue weighted by Gasteiger charge is 2.41. The molecule has 0 aliphatic heterocycles. The second-order valence-electron chi connectivity index (χ2n) is 6.54. The van der Waals surface area contributed by atoms with Crippen LogP contribution in [0, 0.1) is 11.8 Å². The zero-order valence-corrected chi connectivity index (χ0v) is 12.8. The first-order valence-corrected chi connectivity index (χ1v) is 8.21. The molecule has 1 saturated carbocycles. The van der Waals surface area contributed by atoms with E-state index in [9.17, 15) is 4.79 Å². The molecule has 3 rings (SSSR count). The van der Waals surface area contributed by atoms with Crippen molar-refractivity contribution in [2.45, 2.75) is 45.1 Å².